The lowest BCUT2D eigenvalue weighted by Gasteiger charge is -2.20. The molecule has 1 aliphatic rings. The maximum Gasteiger partial charge on any atom is 0.227 e. The number of nitrogens with one attached hydrogen (secondary N) is 1. The third-order valence-electron chi connectivity index (χ3n) is 4.81. The normalized spacial score (nSPS) is 18.3. The monoisotopic (exact) mass is 336 g/mol. The molecule has 1 aliphatic heterocycles. The molecule has 0 aliphatic carbocycles. The van der Waals surface area contributed by atoms with Crippen LogP contribution in [0.3, 0.4) is 0 Å². The van der Waals surface area contributed by atoms with Gasteiger partial charge in [0.2, 0.25) is 11.8 Å². The van der Waals surface area contributed by atoms with Crippen molar-refractivity contribution in [1.29, 1.82) is 0 Å². The van der Waals surface area contributed by atoms with Crippen molar-refractivity contribution in [3.8, 4) is 0 Å². The van der Waals surface area contributed by atoms with E-state index < -0.39 is 0 Å². The quantitative estimate of drug-likeness (QED) is 0.928. The van der Waals surface area contributed by atoms with E-state index in [2.05, 4.69) is 5.32 Å². The Morgan fingerprint density at radius 3 is 2.60 bits per heavy atom. The van der Waals surface area contributed by atoms with Gasteiger partial charge < -0.3 is 10.2 Å². The van der Waals surface area contributed by atoms with Gasteiger partial charge in [-0.2, -0.15) is 0 Å². The lowest BCUT2D eigenvalue weighted by Crippen LogP contribution is -2.34. The summed E-state index contributed by atoms with van der Waals surface area (Å²) in [6, 6.07) is 15.8. The summed E-state index contributed by atoms with van der Waals surface area (Å²) in [5, 5.41) is 3.04. The van der Waals surface area contributed by atoms with E-state index in [9.17, 15) is 9.59 Å². The molecule has 25 heavy (non-hydrogen) atoms. The summed E-state index contributed by atoms with van der Waals surface area (Å²) in [7, 11) is 0. The summed E-state index contributed by atoms with van der Waals surface area (Å²) in [6.45, 7) is 6.41. The molecule has 2 amide bonds. The van der Waals surface area contributed by atoms with Gasteiger partial charge in [-0.3, -0.25) is 9.59 Å². The molecular formula is C21H24N2O2. The molecule has 2 aromatic carbocycles. The maximum atomic E-state index is 12.6. The summed E-state index contributed by atoms with van der Waals surface area (Å²) < 4.78 is 0. The van der Waals surface area contributed by atoms with Gasteiger partial charge in [-0.15, -0.1) is 0 Å². The fraction of sp³-hybridized carbons (Fsp3) is 0.333. The first-order valence-corrected chi connectivity index (χ1v) is 8.68. The van der Waals surface area contributed by atoms with Gasteiger partial charge in [0.05, 0.1) is 12.0 Å². The summed E-state index contributed by atoms with van der Waals surface area (Å²) in [5.41, 5.74) is 4.14. The number of hydrogen-bond acceptors (Lipinski definition) is 2. The molecule has 0 unspecified atom stereocenters. The van der Waals surface area contributed by atoms with Gasteiger partial charge in [0.1, 0.15) is 0 Å². The van der Waals surface area contributed by atoms with Gasteiger partial charge in [-0.1, -0.05) is 42.5 Å². The Balaban J connectivity index is 1.69. The Bertz CT molecular complexity index is 786. The molecule has 1 heterocycles. The number of hydrogen-bond donors (Lipinski definition) is 1. The summed E-state index contributed by atoms with van der Waals surface area (Å²) in [5.74, 6) is -0.350. The Hall–Kier alpha value is -2.62. The third kappa shape index (κ3) is 3.73. The molecule has 1 saturated heterocycles. The predicted octanol–water partition coefficient (Wildman–Crippen LogP) is 3.53. The van der Waals surface area contributed by atoms with Crippen molar-refractivity contribution < 1.29 is 9.59 Å². The van der Waals surface area contributed by atoms with Crippen LogP contribution in [0.15, 0.2) is 48.5 Å². The maximum absolute atomic E-state index is 12.6. The van der Waals surface area contributed by atoms with Gasteiger partial charge in [-0.05, 0) is 43.5 Å². The van der Waals surface area contributed by atoms with Gasteiger partial charge in [0, 0.05) is 18.7 Å². The first-order valence-electron chi connectivity index (χ1n) is 8.68. The van der Waals surface area contributed by atoms with E-state index in [1.54, 1.807) is 4.90 Å². The molecule has 0 aromatic heterocycles. The second-order valence-corrected chi connectivity index (χ2v) is 6.84. The van der Waals surface area contributed by atoms with E-state index in [-0.39, 0.29) is 30.2 Å². The first kappa shape index (κ1) is 17.2. The van der Waals surface area contributed by atoms with Crippen LogP contribution in [-0.4, -0.2) is 18.4 Å². The van der Waals surface area contributed by atoms with Crippen LogP contribution in [0.25, 0.3) is 0 Å². The van der Waals surface area contributed by atoms with Crippen LogP contribution in [0.5, 0.6) is 0 Å². The van der Waals surface area contributed by atoms with Crippen molar-refractivity contribution >= 4 is 17.5 Å². The van der Waals surface area contributed by atoms with Crippen molar-refractivity contribution in [1.82, 2.24) is 5.32 Å². The minimum atomic E-state index is -0.307. The van der Waals surface area contributed by atoms with E-state index in [0.717, 1.165) is 22.4 Å². The molecule has 0 bridgehead atoms. The highest BCUT2D eigenvalue weighted by atomic mass is 16.2. The standard InChI is InChI=1S/C21H24N2O2/c1-14-9-10-15(2)19(11-14)23-13-18(12-20(23)24)21(25)22-16(3)17-7-5-4-6-8-17/h4-11,16,18H,12-13H2,1-3H3,(H,22,25)/t16-,18+/m1/s1. The average Bonchev–Trinajstić information content (AvgIpc) is 2.99. The van der Waals surface area contributed by atoms with Crippen LogP contribution < -0.4 is 10.2 Å². The van der Waals surface area contributed by atoms with E-state index in [1.807, 2.05) is 69.3 Å². The minimum Gasteiger partial charge on any atom is -0.349 e. The Kier molecular flexibility index (Phi) is 4.88. The van der Waals surface area contributed by atoms with Crippen LogP contribution in [0, 0.1) is 19.8 Å². The summed E-state index contributed by atoms with van der Waals surface area (Å²) in [4.78, 5) is 26.8. The Morgan fingerprint density at radius 2 is 1.88 bits per heavy atom. The summed E-state index contributed by atoms with van der Waals surface area (Å²) >= 11 is 0. The number of carbonyl (C=O) groups excluding carboxylic acids is 2. The molecular weight excluding hydrogens is 312 g/mol. The van der Waals surface area contributed by atoms with Crippen molar-refractivity contribution in [2.24, 2.45) is 5.92 Å². The van der Waals surface area contributed by atoms with Gasteiger partial charge in [0.15, 0.2) is 0 Å². The first-order chi connectivity index (χ1) is 12.0. The smallest absolute Gasteiger partial charge is 0.227 e. The number of aryl methyl sites for hydroxylation is 2. The number of nitrogens with zero attached hydrogens (tertiary/aromatic N) is 1. The minimum absolute atomic E-state index is 0.0150. The zero-order valence-corrected chi connectivity index (χ0v) is 15.0. The van der Waals surface area contributed by atoms with E-state index in [1.165, 1.54) is 0 Å². The lowest BCUT2D eigenvalue weighted by atomic mass is 10.0. The van der Waals surface area contributed by atoms with Crippen molar-refractivity contribution in [2.75, 3.05) is 11.4 Å². The SMILES string of the molecule is Cc1ccc(C)c(N2C[C@@H](C(=O)N[C@H](C)c3ccccc3)CC2=O)c1. The zero-order chi connectivity index (χ0) is 18.0. The molecule has 2 aromatic rings. The average molecular weight is 336 g/mol. The van der Waals surface area contributed by atoms with Gasteiger partial charge in [-0.25, -0.2) is 0 Å². The van der Waals surface area contributed by atoms with E-state index in [4.69, 9.17) is 0 Å². The number of amides is 2. The molecule has 0 saturated carbocycles. The number of anilines is 1. The highest BCUT2D eigenvalue weighted by molar-refractivity contribution is 6.00. The number of carbonyl (C=O) groups is 2. The Labute approximate surface area is 148 Å². The zero-order valence-electron chi connectivity index (χ0n) is 15.0. The molecule has 1 N–H and O–H groups in total. The number of rotatable bonds is 4. The second kappa shape index (κ2) is 7.09. The summed E-state index contributed by atoms with van der Waals surface area (Å²) in [6.07, 6.45) is 0.265. The fourth-order valence-corrected chi connectivity index (χ4v) is 3.28. The molecule has 0 radical (unpaired) electrons. The largest absolute Gasteiger partial charge is 0.349 e. The van der Waals surface area contributed by atoms with Crippen molar-refractivity contribution in [3.05, 3.63) is 65.2 Å². The molecule has 4 nitrogen and oxygen atoms in total. The van der Waals surface area contributed by atoms with E-state index in [0.29, 0.717) is 6.54 Å². The predicted molar refractivity (Wildman–Crippen MR) is 99.4 cm³/mol. The van der Waals surface area contributed by atoms with Crippen LogP contribution in [-0.2, 0) is 9.59 Å². The van der Waals surface area contributed by atoms with Gasteiger partial charge in [0.25, 0.3) is 0 Å². The third-order valence-corrected chi connectivity index (χ3v) is 4.81. The van der Waals surface area contributed by atoms with E-state index >= 15 is 0 Å². The van der Waals surface area contributed by atoms with Crippen molar-refractivity contribution in [2.45, 2.75) is 33.2 Å². The highest BCUT2D eigenvalue weighted by Gasteiger charge is 2.36. The van der Waals surface area contributed by atoms with Crippen LogP contribution >= 0.6 is 0 Å². The van der Waals surface area contributed by atoms with Crippen LogP contribution in [0.2, 0.25) is 0 Å². The molecule has 3 rings (SSSR count). The van der Waals surface area contributed by atoms with Crippen LogP contribution in [0.1, 0.15) is 36.1 Å². The topological polar surface area (TPSA) is 49.4 Å². The van der Waals surface area contributed by atoms with Crippen molar-refractivity contribution in [3.63, 3.8) is 0 Å². The molecule has 0 spiro atoms. The number of benzene rings is 2. The molecule has 130 valence electrons. The lowest BCUT2D eigenvalue weighted by molar-refractivity contribution is -0.126. The second-order valence-electron chi connectivity index (χ2n) is 6.84. The molecule has 1 fully saturated rings. The Morgan fingerprint density at radius 1 is 1.16 bits per heavy atom. The molecule has 4 heteroatoms. The highest BCUT2D eigenvalue weighted by Crippen LogP contribution is 2.29. The van der Waals surface area contributed by atoms with Crippen LogP contribution in [0.4, 0.5) is 5.69 Å². The fourth-order valence-electron chi connectivity index (χ4n) is 3.28. The molecule has 2 atom stereocenters. The van der Waals surface area contributed by atoms with Gasteiger partial charge >= 0.3 is 0 Å².